The molecule has 0 radical (unpaired) electrons. The van der Waals surface area contributed by atoms with Crippen molar-refractivity contribution in [2.45, 2.75) is 33.2 Å². The Morgan fingerprint density at radius 2 is 1.80 bits per heavy atom. The molecule has 4 nitrogen and oxygen atoms in total. The van der Waals surface area contributed by atoms with Crippen molar-refractivity contribution in [2.75, 3.05) is 6.54 Å². The van der Waals surface area contributed by atoms with Gasteiger partial charge in [0.15, 0.2) is 0 Å². The van der Waals surface area contributed by atoms with Gasteiger partial charge in [0.05, 0.1) is 11.0 Å². The summed E-state index contributed by atoms with van der Waals surface area (Å²) in [4.78, 5) is 12.0. The third-order valence-electron chi connectivity index (χ3n) is 3.94. The van der Waals surface area contributed by atoms with Gasteiger partial charge < -0.3 is 5.32 Å². The lowest BCUT2D eigenvalue weighted by Gasteiger charge is -2.23. The van der Waals surface area contributed by atoms with E-state index in [-0.39, 0.29) is 5.69 Å². The first-order valence-electron chi connectivity index (χ1n) is 7.36. The molecular weight excluding hydrogens is 250 g/mol. The molecule has 0 aliphatic heterocycles. The highest BCUT2D eigenvalue weighted by Crippen LogP contribution is 2.24. The second kappa shape index (κ2) is 5.83. The number of rotatable bonds is 5. The number of nitrogens with one attached hydrogen (secondary N) is 1. The fraction of sp³-hybridized carbons (Fsp3) is 0.562. The lowest BCUT2D eigenvalue weighted by Crippen LogP contribution is -2.26. The van der Waals surface area contributed by atoms with Crippen molar-refractivity contribution in [1.29, 1.82) is 0 Å². The number of nitrogens with zero attached hydrogens (tertiary/aromatic N) is 2. The molecule has 1 aromatic carbocycles. The van der Waals surface area contributed by atoms with E-state index in [1.54, 1.807) is 9.13 Å². The van der Waals surface area contributed by atoms with Crippen molar-refractivity contribution >= 4 is 11.0 Å². The summed E-state index contributed by atoms with van der Waals surface area (Å²) in [6, 6.07) is 6.66. The molecule has 2 rings (SSSR count). The molecule has 1 atom stereocenters. The minimum absolute atomic E-state index is 0.0276. The molecule has 0 spiro atoms. The van der Waals surface area contributed by atoms with Gasteiger partial charge in [0.25, 0.3) is 0 Å². The maximum atomic E-state index is 12.0. The third-order valence-corrected chi connectivity index (χ3v) is 3.94. The molecule has 20 heavy (non-hydrogen) atoms. The van der Waals surface area contributed by atoms with Gasteiger partial charge in [-0.05, 0) is 36.6 Å². The van der Waals surface area contributed by atoms with Crippen LogP contribution < -0.4 is 11.0 Å². The van der Waals surface area contributed by atoms with Crippen molar-refractivity contribution in [3.05, 3.63) is 34.2 Å². The summed E-state index contributed by atoms with van der Waals surface area (Å²) in [5, 5.41) is 3.60. The highest BCUT2D eigenvalue weighted by molar-refractivity contribution is 5.77. The van der Waals surface area contributed by atoms with E-state index < -0.39 is 0 Å². The van der Waals surface area contributed by atoms with E-state index in [1.165, 1.54) is 5.56 Å². The van der Waals surface area contributed by atoms with Crippen LogP contribution in [0.5, 0.6) is 0 Å². The fourth-order valence-corrected chi connectivity index (χ4v) is 2.76. The zero-order chi connectivity index (χ0) is 14.9. The molecular formula is C16H25N3O. The van der Waals surface area contributed by atoms with Crippen molar-refractivity contribution in [3.63, 3.8) is 0 Å². The summed E-state index contributed by atoms with van der Waals surface area (Å²) < 4.78 is 3.42. The standard InChI is InChI=1S/C16H25N3O/c1-6-9-17-15(11(2)3)12-7-8-13-14(10-12)19(5)16(20)18(13)4/h7-8,10-11,15,17H,6,9H2,1-5H3. The molecule has 0 bridgehead atoms. The summed E-state index contributed by atoms with van der Waals surface area (Å²) in [5.74, 6) is 0.514. The summed E-state index contributed by atoms with van der Waals surface area (Å²) in [7, 11) is 3.65. The van der Waals surface area contributed by atoms with Crippen LogP contribution >= 0.6 is 0 Å². The molecule has 4 heteroatoms. The predicted molar refractivity (Wildman–Crippen MR) is 84.0 cm³/mol. The molecule has 1 unspecified atom stereocenters. The van der Waals surface area contributed by atoms with E-state index in [9.17, 15) is 4.79 Å². The van der Waals surface area contributed by atoms with Gasteiger partial charge in [-0.25, -0.2) is 4.79 Å². The van der Waals surface area contributed by atoms with Crippen LogP contribution in [0.15, 0.2) is 23.0 Å². The van der Waals surface area contributed by atoms with Crippen molar-refractivity contribution in [2.24, 2.45) is 20.0 Å². The first-order chi connectivity index (χ1) is 9.47. The molecule has 0 amide bonds. The number of hydrogen-bond donors (Lipinski definition) is 1. The lowest BCUT2D eigenvalue weighted by molar-refractivity contribution is 0.413. The molecule has 1 aromatic heterocycles. The van der Waals surface area contributed by atoms with Crippen LogP contribution in [0.25, 0.3) is 11.0 Å². The maximum absolute atomic E-state index is 12.0. The summed E-state index contributed by atoms with van der Waals surface area (Å²) in [5.41, 5.74) is 3.26. The second-order valence-corrected chi connectivity index (χ2v) is 5.82. The van der Waals surface area contributed by atoms with E-state index in [0.717, 1.165) is 24.0 Å². The van der Waals surface area contributed by atoms with Gasteiger partial charge >= 0.3 is 5.69 Å². The van der Waals surface area contributed by atoms with Gasteiger partial charge in [0, 0.05) is 20.1 Å². The number of benzene rings is 1. The Hall–Kier alpha value is -1.55. The molecule has 1 heterocycles. The average Bonchev–Trinajstić information content (AvgIpc) is 2.64. The highest BCUT2D eigenvalue weighted by Gasteiger charge is 2.17. The van der Waals surface area contributed by atoms with Crippen molar-refractivity contribution < 1.29 is 0 Å². The third kappa shape index (κ3) is 2.52. The Balaban J connectivity index is 2.49. The van der Waals surface area contributed by atoms with E-state index in [4.69, 9.17) is 0 Å². The van der Waals surface area contributed by atoms with Gasteiger partial charge in [-0.15, -0.1) is 0 Å². The van der Waals surface area contributed by atoms with Crippen LogP contribution in [0, 0.1) is 5.92 Å². The summed E-state index contributed by atoms with van der Waals surface area (Å²) in [6.07, 6.45) is 1.12. The van der Waals surface area contributed by atoms with E-state index in [0.29, 0.717) is 12.0 Å². The minimum Gasteiger partial charge on any atom is -0.310 e. The summed E-state index contributed by atoms with van der Waals surface area (Å²) >= 11 is 0. The Kier molecular flexibility index (Phi) is 4.33. The van der Waals surface area contributed by atoms with Crippen LogP contribution in [0.4, 0.5) is 0 Å². The van der Waals surface area contributed by atoms with Gasteiger partial charge in [-0.2, -0.15) is 0 Å². The number of aryl methyl sites for hydroxylation is 2. The summed E-state index contributed by atoms with van der Waals surface area (Å²) in [6.45, 7) is 7.63. The molecule has 0 aliphatic carbocycles. The molecule has 110 valence electrons. The van der Waals surface area contributed by atoms with Crippen molar-refractivity contribution in [3.8, 4) is 0 Å². The van der Waals surface area contributed by atoms with Crippen molar-refractivity contribution in [1.82, 2.24) is 14.5 Å². The maximum Gasteiger partial charge on any atom is 0.328 e. The molecule has 0 saturated carbocycles. The Bertz CT molecular complexity index is 652. The van der Waals surface area contributed by atoms with E-state index in [2.05, 4.69) is 44.3 Å². The fourth-order valence-electron chi connectivity index (χ4n) is 2.76. The largest absolute Gasteiger partial charge is 0.328 e. The number of imidazole rings is 1. The Morgan fingerprint density at radius 1 is 1.15 bits per heavy atom. The number of aromatic nitrogens is 2. The van der Waals surface area contributed by atoms with Gasteiger partial charge in [0.1, 0.15) is 0 Å². The first-order valence-corrected chi connectivity index (χ1v) is 7.36. The molecule has 2 aromatic rings. The molecule has 0 saturated heterocycles. The smallest absolute Gasteiger partial charge is 0.310 e. The first kappa shape index (κ1) is 14.9. The van der Waals surface area contributed by atoms with Gasteiger partial charge in [-0.1, -0.05) is 26.8 Å². The van der Waals surface area contributed by atoms with Crippen LogP contribution in [0.3, 0.4) is 0 Å². The van der Waals surface area contributed by atoms with Crippen LogP contribution in [0.2, 0.25) is 0 Å². The van der Waals surface area contributed by atoms with Crippen LogP contribution in [-0.2, 0) is 14.1 Å². The zero-order valence-electron chi connectivity index (χ0n) is 13.1. The average molecular weight is 275 g/mol. The zero-order valence-corrected chi connectivity index (χ0v) is 13.1. The van der Waals surface area contributed by atoms with E-state index >= 15 is 0 Å². The quantitative estimate of drug-likeness (QED) is 0.911. The molecule has 1 N–H and O–H groups in total. The van der Waals surface area contributed by atoms with Gasteiger partial charge in [0.2, 0.25) is 0 Å². The number of hydrogen-bond acceptors (Lipinski definition) is 2. The minimum atomic E-state index is 0.0276. The van der Waals surface area contributed by atoms with Gasteiger partial charge in [-0.3, -0.25) is 9.13 Å². The monoisotopic (exact) mass is 275 g/mol. The SMILES string of the molecule is CCCNC(c1ccc2c(c1)n(C)c(=O)n2C)C(C)C. The molecule has 0 aliphatic rings. The van der Waals surface area contributed by atoms with E-state index in [1.807, 2.05) is 14.1 Å². The predicted octanol–water partition coefficient (Wildman–Crippen LogP) is 2.57. The van der Waals surface area contributed by atoms with Crippen LogP contribution in [0.1, 0.15) is 38.8 Å². The molecule has 0 fully saturated rings. The lowest BCUT2D eigenvalue weighted by atomic mass is 9.95. The second-order valence-electron chi connectivity index (χ2n) is 5.82. The van der Waals surface area contributed by atoms with Crippen LogP contribution in [-0.4, -0.2) is 15.7 Å². The Labute approximate surface area is 120 Å². The number of fused-ring (bicyclic) bond motifs is 1. The normalized spacial score (nSPS) is 13.3. The Morgan fingerprint density at radius 3 is 2.40 bits per heavy atom. The highest BCUT2D eigenvalue weighted by atomic mass is 16.1. The topological polar surface area (TPSA) is 39.0 Å².